The van der Waals surface area contributed by atoms with Crippen LogP contribution in [0.25, 0.3) is 10.9 Å². The fourth-order valence-corrected chi connectivity index (χ4v) is 2.08. The van der Waals surface area contributed by atoms with Crippen LogP contribution in [0.3, 0.4) is 0 Å². The van der Waals surface area contributed by atoms with Crippen LogP contribution in [0.5, 0.6) is 0 Å². The van der Waals surface area contributed by atoms with Gasteiger partial charge in [0.2, 0.25) is 5.43 Å². The van der Waals surface area contributed by atoms with Gasteiger partial charge in [-0.1, -0.05) is 0 Å². The van der Waals surface area contributed by atoms with Gasteiger partial charge in [-0.15, -0.1) is 0 Å². The third-order valence-corrected chi connectivity index (χ3v) is 3.09. The van der Waals surface area contributed by atoms with E-state index in [9.17, 15) is 35.9 Å². The van der Waals surface area contributed by atoms with E-state index in [-0.39, 0.29) is 6.61 Å². The smallest absolute Gasteiger partial charge is 0.432 e. The molecule has 24 heavy (non-hydrogen) atoms. The van der Waals surface area contributed by atoms with Gasteiger partial charge in [0.15, 0.2) is 0 Å². The summed E-state index contributed by atoms with van der Waals surface area (Å²) in [5, 5.41) is -0.487. The molecule has 130 valence electrons. The number of H-pyrrole nitrogens is 1. The second kappa shape index (κ2) is 5.84. The number of hydrogen-bond acceptors (Lipinski definition) is 3. The van der Waals surface area contributed by atoms with Crippen molar-refractivity contribution in [1.29, 1.82) is 0 Å². The molecule has 0 spiro atoms. The summed E-state index contributed by atoms with van der Waals surface area (Å²) in [6.45, 7) is 1.05. The van der Waals surface area contributed by atoms with E-state index in [1.165, 1.54) is 6.92 Å². The Kier molecular flexibility index (Phi) is 4.34. The van der Waals surface area contributed by atoms with Gasteiger partial charge in [-0.25, -0.2) is 4.79 Å². The molecule has 0 radical (unpaired) electrons. The van der Waals surface area contributed by atoms with Crippen molar-refractivity contribution in [2.24, 2.45) is 0 Å². The van der Waals surface area contributed by atoms with Crippen LogP contribution >= 0.6 is 0 Å². The first-order valence-corrected chi connectivity index (χ1v) is 6.48. The Morgan fingerprint density at radius 1 is 1.12 bits per heavy atom. The number of aromatic amines is 1. The van der Waals surface area contributed by atoms with Gasteiger partial charge in [-0.2, -0.15) is 26.3 Å². The zero-order valence-corrected chi connectivity index (χ0v) is 11.9. The van der Waals surface area contributed by atoms with Crippen LogP contribution in [0.15, 0.2) is 23.0 Å². The molecule has 4 nitrogen and oxygen atoms in total. The maximum absolute atomic E-state index is 13.1. The first-order valence-electron chi connectivity index (χ1n) is 6.48. The number of halogens is 6. The molecule has 1 aromatic heterocycles. The van der Waals surface area contributed by atoms with Gasteiger partial charge in [0, 0.05) is 5.39 Å². The van der Waals surface area contributed by atoms with Crippen LogP contribution in [0.2, 0.25) is 0 Å². The highest BCUT2D eigenvalue weighted by Crippen LogP contribution is 2.33. The number of rotatable bonds is 2. The molecule has 0 aliphatic rings. The molecule has 0 amide bonds. The minimum absolute atomic E-state index is 0.277. The Bertz CT molecular complexity index is 850. The van der Waals surface area contributed by atoms with Gasteiger partial charge >= 0.3 is 18.3 Å². The number of pyridine rings is 1. The van der Waals surface area contributed by atoms with Crippen molar-refractivity contribution in [3.8, 4) is 0 Å². The highest BCUT2D eigenvalue weighted by atomic mass is 19.4. The molecule has 0 unspecified atom stereocenters. The van der Waals surface area contributed by atoms with Crippen LogP contribution in [-0.2, 0) is 17.1 Å². The zero-order chi connectivity index (χ0) is 18.3. The van der Waals surface area contributed by atoms with Gasteiger partial charge < -0.3 is 9.72 Å². The summed E-state index contributed by atoms with van der Waals surface area (Å²) < 4.78 is 81.7. The first kappa shape index (κ1) is 17.8. The van der Waals surface area contributed by atoms with Crippen LogP contribution in [0.4, 0.5) is 26.3 Å². The monoisotopic (exact) mass is 353 g/mol. The summed E-state index contributed by atoms with van der Waals surface area (Å²) in [5.41, 5.74) is -6.32. The fraction of sp³-hybridized carbons (Fsp3) is 0.286. The summed E-state index contributed by atoms with van der Waals surface area (Å²) in [6.07, 6.45) is -9.97. The van der Waals surface area contributed by atoms with Gasteiger partial charge in [0.25, 0.3) is 0 Å². The number of nitrogens with one attached hydrogen (secondary N) is 1. The van der Waals surface area contributed by atoms with Crippen LogP contribution in [0.1, 0.15) is 28.5 Å². The number of alkyl halides is 6. The van der Waals surface area contributed by atoms with E-state index in [2.05, 4.69) is 4.74 Å². The number of benzene rings is 1. The van der Waals surface area contributed by atoms with Gasteiger partial charge in [0.05, 0.1) is 17.7 Å². The van der Waals surface area contributed by atoms with E-state index >= 15 is 0 Å². The molecule has 0 fully saturated rings. The summed E-state index contributed by atoms with van der Waals surface area (Å²) in [4.78, 5) is 25.6. The topological polar surface area (TPSA) is 59.2 Å². The maximum atomic E-state index is 13.1. The quantitative estimate of drug-likeness (QED) is 0.661. The molecule has 0 saturated heterocycles. The average molecular weight is 353 g/mol. The second-order valence-electron chi connectivity index (χ2n) is 4.68. The zero-order valence-electron chi connectivity index (χ0n) is 11.9. The lowest BCUT2D eigenvalue weighted by atomic mass is 10.1. The molecule has 1 heterocycles. The van der Waals surface area contributed by atoms with E-state index in [1.54, 1.807) is 4.98 Å². The number of aromatic nitrogens is 1. The maximum Gasteiger partial charge on any atom is 0.432 e. The third kappa shape index (κ3) is 3.22. The number of hydrogen-bond donors (Lipinski definition) is 1. The number of carbonyl (C=O) groups excluding carboxylic acids is 1. The lowest BCUT2D eigenvalue weighted by Crippen LogP contribution is -2.26. The largest absolute Gasteiger partial charge is 0.462 e. The van der Waals surface area contributed by atoms with Crippen LogP contribution < -0.4 is 5.43 Å². The van der Waals surface area contributed by atoms with Crippen molar-refractivity contribution >= 4 is 16.9 Å². The Balaban J connectivity index is 2.85. The SMILES string of the molecule is CCOC(=O)c1c(C(F)(F)F)[nH]c2cc(C(F)(F)F)ccc2c1=O. The molecule has 0 bridgehead atoms. The lowest BCUT2D eigenvalue weighted by Gasteiger charge is -2.14. The lowest BCUT2D eigenvalue weighted by molar-refractivity contribution is -0.141. The Labute approximate surface area is 130 Å². The molecule has 2 rings (SSSR count). The van der Waals surface area contributed by atoms with E-state index in [4.69, 9.17) is 0 Å². The van der Waals surface area contributed by atoms with Crippen LogP contribution in [0, 0.1) is 0 Å². The van der Waals surface area contributed by atoms with Crippen molar-refractivity contribution in [1.82, 2.24) is 4.98 Å². The summed E-state index contributed by atoms with van der Waals surface area (Å²) >= 11 is 0. The Hall–Kier alpha value is -2.52. The van der Waals surface area contributed by atoms with E-state index in [1.807, 2.05) is 0 Å². The summed E-state index contributed by atoms with van der Waals surface area (Å²) in [7, 11) is 0. The summed E-state index contributed by atoms with van der Waals surface area (Å²) in [5.74, 6) is -1.51. The minimum Gasteiger partial charge on any atom is -0.462 e. The molecule has 1 N–H and O–H groups in total. The normalized spacial score (nSPS) is 12.5. The van der Waals surface area contributed by atoms with Gasteiger partial charge in [-0.3, -0.25) is 4.79 Å². The molecular formula is C14H9F6NO3. The highest BCUT2D eigenvalue weighted by Gasteiger charge is 2.39. The van der Waals surface area contributed by atoms with E-state index in [0.29, 0.717) is 18.2 Å². The second-order valence-corrected chi connectivity index (χ2v) is 4.68. The number of carbonyl (C=O) groups is 1. The average Bonchev–Trinajstić information content (AvgIpc) is 2.44. The predicted octanol–water partition coefficient (Wildman–Crippen LogP) is 3.74. The molecule has 2 aromatic rings. The molecule has 1 aromatic carbocycles. The van der Waals surface area contributed by atoms with Gasteiger partial charge in [-0.05, 0) is 25.1 Å². The molecular weight excluding hydrogens is 344 g/mol. The predicted molar refractivity (Wildman–Crippen MR) is 70.5 cm³/mol. The molecule has 0 saturated carbocycles. The van der Waals surface area contributed by atoms with E-state index < -0.39 is 51.5 Å². The standard InChI is InChI=1S/C14H9F6NO3/c1-2-24-12(23)9-10(22)7-4-3-6(13(15,16)17)5-8(7)21-11(9)14(18,19)20/h3-5H,2H2,1H3,(H,21,22). The van der Waals surface area contributed by atoms with Crippen molar-refractivity contribution in [3.05, 3.63) is 45.2 Å². The molecule has 0 aliphatic carbocycles. The number of esters is 1. The Morgan fingerprint density at radius 3 is 2.25 bits per heavy atom. The first-order chi connectivity index (χ1) is 11.0. The van der Waals surface area contributed by atoms with Crippen molar-refractivity contribution in [3.63, 3.8) is 0 Å². The van der Waals surface area contributed by atoms with Crippen molar-refractivity contribution < 1.29 is 35.9 Å². The molecule has 10 heteroatoms. The Morgan fingerprint density at radius 2 is 1.75 bits per heavy atom. The van der Waals surface area contributed by atoms with Crippen molar-refractivity contribution in [2.45, 2.75) is 19.3 Å². The molecule has 0 atom stereocenters. The van der Waals surface area contributed by atoms with Crippen LogP contribution in [-0.4, -0.2) is 17.6 Å². The van der Waals surface area contributed by atoms with Crippen molar-refractivity contribution in [2.75, 3.05) is 6.61 Å². The minimum atomic E-state index is -5.16. The van der Waals surface area contributed by atoms with E-state index in [0.717, 1.165) is 0 Å². The summed E-state index contributed by atoms with van der Waals surface area (Å²) in [6, 6.07) is 1.63. The number of fused-ring (bicyclic) bond motifs is 1. The third-order valence-electron chi connectivity index (χ3n) is 3.09. The highest BCUT2D eigenvalue weighted by molar-refractivity contribution is 5.95. The fourth-order valence-electron chi connectivity index (χ4n) is 2.08. The number of ether oxygens (including phenoxy) is 1. The van der Waals surface area contributed by atoms with Gasteiger partial charge in [0.1, 0.15) is 11.3 Å². The molecule has 0 aliphatic heterocycles.